The van der Waals surface area contributed by atoms with Crippen LogP contribution >= 0.6 is 27.5 Å². The number of aryl methyl sites for hydroxylation is 1. The summed E-state index contributed by atoms with van der Waals surface area (Å²) in [5.74, 6) is -0.242. The summed E-state index contributed by atoms with van der Waals surface area (Å²) in [5, 5.41) is 4.03. The highest BCUT2D eigenvalue weighted by Crippen LogP contribution is 2.26. The number of hydrogen-bond acceptors (Lipinski definition) is 1. The predicted octanol–water partition coefficient (Wildman–Crippen LogP) is 5.05. The van der Waals surface area contributed by atoms with E-state index < -0.39 is 0 Å². The molecule has 0 saturated carbocycles. The smallest absolute Gasteiger partial charge is 0.137 e. The van der Waals surface area contributed by atoms with Gasteiger partial charge in [-0.3, -0.25) is 0 Å². The Morgan fingerprint density at radius 3 is 2.65 bits per heavy atom. The summed E-state index contributed by atoms with van der Waals surface area (Å²) in [6, 6.07) is 11.1. The lowest BCUT2D eigenvalue weighted by Crippen LogP contribution is -2.19. The Labute approximate surface area is 132 Å². The Hall–Kier alpha value is -0.900. The van der Waals surface area contributed by atoms with Crippen LogP contribution < -0.4 is 5.32 Å². The molecule has 0 fully saturated rings. The molecular weight excluding hydrogens is 341 g/mol. The van der Waals surface area contributed by atoms with Crippen molar-refractivity contribution in [1.82, 2.24) is 5.32 Å². The van der Waals surface area contributed by atoms with Gasteiger partial charge < -0.3 is 5.32 Å². The third-order valence-corrected chi connectivity index (χ3v) is 4.23. The van der Waals surface area contributed by atoms with Crippen molar-refractivity contribution in [1.29, 1.82) is 0 Å². The third-order valence-electron chi connectivity index (χ3n) is 3.39. The van der Waals surface area contributed by atoms with Crippen LogP contribution in [0.25, 0.3) is 0 Å². The number of halogens is 3. The number of likely N-dealkylation sites (N-methyl/N-ethyl adjacent to an activating group) is 1. The average Bonchev–Trinajstić information content (AvgIpc) is 2.43. The summed E-state index contributed by atoms with van der Waals surface area (Å²) in [6.07, 6.45) is 0.774. The van der Waals surface area contributed by atoms with Crippen molar-refractivity contribution >= 4 is 27.5 Å². The fourth-order valence-electron chi connectivity index (χ4n) is 2.26. The largest absolute Gasteiger partial charge is 0.313 e. The lowest BCUT2D eigenvalue weighted by Gasteiger charge is -2.19. The van der Waals surface area contributed by atoms with E-state index in [1.165, 1.54) is 17.2 Å². The Balaban J connectivity index is 2.28. The Bertz CT molecular complexity index is 615. The predicted molar refractivity (Wildman–Crippen MR) is 85.8 cm³/mol. The first-order valence-corrected chi connectivity index (χ1v) is 7.55. The molecule has 0 aliphatic heterocycles. The number of rotatable bonds is 4. The van der Waals surface area contributed by atoms with Crippen molar-refractivity contribution in [3.05, 3.63) is 68.4 Å². The minimum Gasteiger partial charge on any atom is -0.313 e. The second kappa shape index (κ2) is 6.70. The first kappa shape index (κ1) is 15.5. The molecule has 0 radical (unpaired) electrons. The van der Waals surface area contributed by atoms with Crippen LogP contribution in [0.1, 0.15) is 22.7 Å². The molecule has 0 amide bonds. The Kier molecular flexibility index (Phi) is 5.19. The van der Waals surface area contributed by atoms with Gasteiger partial charge >= 0.3 is 0 Å². The fourth-order valence-corrected chi connectivity index (χ4v) is 2.86. The van der Waals surface area contributed by atoms with Crippen LogP contribution in [0, 0.1) is 12.7 Å². The van der Waals surface area contributed by atoms with Crippen molar-refractivity contribution in [2.24, 2.45) is 0 Å². The van der Waals surface area contributed by atoms with E-state index in [1.54, 1.807) is 0 Å². The van der Waals surface area contributed by atoms with Crippen LogP contribution in [-0.4, -0.2) is 7.05 Å². The summed E-state index contributed by atoms with van der Waals surface area (Å²) in [4.78, 5) is 0. The number of benzene rings is 2. The lowest BCUT2D eigenvalue weighted by atomic mass is 9.95. The molecular formula is C16H16BrClFN. The molecule has 1 atom stereocenters. The molecule has 0 saturated heterocycles. The molecule has 0 bridgehead atoms. The zero-order chi connectivity index (χ0) is 14.7. The molecule has 0 heterocycles. The van der Waals surface area contributed by atoms with Gasteiger partial charge in [-0.2, -0.15) is 0 Å². The van der Waals surface area contributed by atoms with E-state index in [0.29, 0.717) is 4.47 Å². The monoisotopic (exact) mass is 355 g/mol. The maximum atomic E-state index is 13.3. The van der Waals surface area contributed by atoms with Crippen LogP contribution in [-0.2, 0) is 6.42 Å². The fraction of sp³-hybridized carbons (Fsp3) is 0.250. The summed E-state index contributed by atoms with van der Waals surface area (Å²) in [6.45, 7) is 2.07. The summed E-state index contributed by atoms with van der Waals surface area (Å²) in [5.41, 5.74) is 3.42. The van der Waals surface area contributed by atoms with Gasteiger partial charge in [-0.05, 0) is 77.3 Å². The zero-order valence-electron chi connectivity index (χ0n) is 11.4. The van der Waals surface area contributed by atoms with Crippen molar-refractivity contribution in [3.8, 4) is 0 Å². The van der Waals surface area contributed by atoms with E-state index in [-0.39, 0.29) is 11.9 Å². The van der Waals surface area contributed by atoms with Gasteiger partial charge in [-0.15, -0.1) is 0 Å². The summed E-state index contributed by atoms with van der Waals surface area (Å²) < 4.78 is 13.8. The van der Waals surface area contributed by atoms with Gasteiger partial charge in [-0.1, -0.05) is 23.7 Å². The van der Waals surface area contributed by atoms with Gasteiger partial charge in [0, 0.05) is 11.1 Å². The maximum absolute atomic E-state index is 13.3. The molecule has 0 aliphatic carbocycles. The van der Waals surface area contributed by atoms with Gasteiger partial charge in [0.15, 0.2) is 0 Å². The van der Waals surface area contributed by atoms with Crippen LogP contribution in [0.15, 0.2) is 40.9 Å². The average molecular weight is 357 g/mol. The van der Waals surface area contributed by atoms with E-state index in [9.17, 15) is 4.39 Å². The van der Waals surface area contributed by atoms with Crippen molar-refractivity contribution in [3.63, 3.8) is 0 Å². The van der Waals surface area contributed by atoms with Crippen molar-refractivity contribution in [2.45, 2.75) is 19.4 Å². The van der Waals surface area contributed by atoms with Crippen LogP contribution in [0.2, 0.25) is 5.02 Å². The molecule has 1 unspecified atom stereocenters. The van der Waals surface area contributed by atoms with E-state index in [1.807, 2.05) is 37.4 Å². The summed E-state index contributed by atoms with van der Waals surface area (Å²) in [7, 11) is 1.92. The molecule has 1 nitrogen and oxygen atoms in total. The Morgan fingerprint density at radius 1 is 1.25 bits per heavy atom. The molecule has 0 aliphatic rings. The van der Waals surface area contributed by atoms with Gasteiger partial charge in [0.1, 0.15) is 5.82 Å². The molecule has 2 rings (SSSR count). The molecule has 4 heteroatoms. The minimum absolute atomic E-state index is 0.145. The summed E-state index contributed by atoms with van der Waals surface area (Å²) >= 11 is 9.31. The molecule has 2 aromatic rings. The van der Waals surface area contributed by atoms with Gasteiger partial charge in [0.25, 0.3) is 0 Å². The first-order valence-electron chi connectivity index (χ1n) is 6.38. The zero-order valence-corrected chi connectivity index (χ0v) is 13.7. The van der Waals surface area contributed by atoms with Gasteiger partial charge in [-0.25, -0.2) is 4.39 Å². The molecule has 106 valence electrons. The van der Waals surface area contributed by atoms with E-state index in [0.717, 1.165) is 17.0 Å². The highest BCUT2D eigenvalue weighted by molar-refractivity contribution is 9.10. The maximum Gasteiger partial charge on any atom is 0.137 e. The minimum atomic E-state index is -0.242. The SMILES string of the molecule is CNC(Cc1ccc(F)c(Br)c1)c1cc(Cl)ccc1C. The highest BCUT2D eigenvalue weighted by atomic mass is 79.9. The van der Waals surface area contributed by atoms with Crippen molar-refractivity contribution in [2.75, 3.05) is 7.05 Å². The van der Waals surface area contributed by atoms with Crippen LogP contribution in [0.4, 0.5) is 4.39 Å². The van der Waals surface area contributed by atoms with E-state index in [2.05, 4.69) is 28.2 Å². The quantitative estimate of drug-likeness (QED) is 0.808. The molecule has 0 spiro atoms. The molecule has 2 aromatic carbocycles. The topological polar surface area (TPSA) is 12.0 Å². The normalized spacial score (nSPS) is 12.4. The van der Waals surface area contributed by atoms with Gasteiger partial charge in [0.05, 0.1) is 4.47 Å². The second-order valence-corrected chi connectivity index (χ2v) is 6.09. The van der Waals surface area contributed by atoms with Crippen LogP contribution in [0.3, 0.4) is 0 Å². The van der Waals surface area contributed by atoms with Gasteiger partial charge in [0.2, 0.25) is 0 Å². The lowest BCUT2D eigenvalue weighted by molar-refractivity contribution is 0.585. The van der Waals surface area contributed by atoms with E-state index in [4.69, 9.17) is 11.6 Å². The third kappa shape index (κ3) is 3.60. The first-order chi connectivity index (χ1) is 9.51. The highest BCUT2D eigenvalue weighted by Gasteiger charge is 2.14. The molecule has 20 heavy (non-hydrogen) atoms. The second-order valence-electron chi connectivity index (χ2n) is 4.79. The molecule has 0 aromatic heterocycles. The Morgan fingerprint density at radius 2 is 2.00 bits per heavy atom. The number of nitrogens with one attached hydrogen (secondary N) is 1. The van der Waals surface area contributed by atoms with E-state index >= 15 is 0 Å². The molecule has 1 N–H and O–H groups in total. The van der Waals surface area contributed by atoms with Crippen LogP contribution in [0.5, 0.6) is 0 Å². The number of hydrogen-bond donors (Lipinski definition) is 1. The van der Waals surface area contributed by atoms with Crippen molar-refractivity contribution < 1.29 is 4.39 Å². The standard InChI is InChI=1S/C16H16BrClFN/c1-10-3-5-12(18)9-13(10)16(20-2)8-11-4-6-15(19)14(17)7-11/h3-7,9,16,20H,8H2,1-2H3.